The van der Waals surface area contributed by atoms with Gasteiger partial charge in [0.05, 0.1) is 5.52 Å². The van der Waals surface area contributed by atoms with Gasteiger partial charge in [-0.15, -0.1) is 0 Å². The second-order valence-electron chi connectivity index (χ2n) is 5.23. The zero-order chi connectivity index (χ0) is 15.1. The van der Waals surface area contributed by atoms with Gasteiger partial charge in [0, 0.05) is 17.5 Å². The Morgan fingerprint density at radius 3 is 2.68 bits per heavy atom. The van der Waals surface area contributed by atoms with Gasteiger partial charge in [0.1, 0.15) is 0 Å². The minimum absolute atomic E-state index is 0.102. The molecule has 0 atom stereocenters. The Kier molecular flexibility index (Phi) is 2.72. The maximum Gasteiger partial charge on any atom is 0.417 e. The second kappa shape index (κ2) is 4.73. The number of aromatic amines is 2. The van der Waals surface area contributed by atoms with Crippen molar-refractivity contribution < 1.29 is 4.42 Å². The molecule has 108 valence electrons. The molecule has 0 bridgehead atoms. The van der Waals surface area contributed by atoms with E-state index in [1.165, 1.54) is 0 Å². The van der Waals surface area contributed by atoms with E-state index in [-0.39, 0.29) is 5.56 Å². The van der Waals surface area contributed by atoms with Crippen LogP contribution in [0.25, 0.3) is 22.0 Å². The molecule has 0 radical (unpaired) electrons. The summed E-state index contributed by atoms with van der Waals surface area (Å²) >= 11 is 0. The number of rotatable bonds is 2. The summed E-state index contributed by atoms with van der Waals surface area (Å²) in [7, 11) is 0. The van der Waals surface area contributed by atoms with Crippen molar-refractivity contribution in [2.45, 2.75) is 6.42 Å². The van der Waals surface area contributed by atoms with Crippen LogP contribution in [0.4, 0.5) is 0 Å². The number of benzene rings is 2. The molecule has 0 unspecified atom stereocenters. The first-order chi connectivity index (χ1) is 10.7. The van der Waals surface area contributed by atoms with E-state index in [2.05, 4.69) is 9.97 Å². The van der Waals surface area contributed by atoms with Crippen molar-refractivity contribution in [2.24, 2.45) is 0 Å². The Labute approximate surface area is 124 Å². The number of hydrogen-bond donors (Lipinski definition) is 2. The molecule has 2 aromatic carbocycles. The van der Waals surface area contributed by atoms with Gasteiger partial charge < -0.3 is 9.40 Å². The van der Waals surface area contributed by atoms with Crippen LogP contribution in [0, 0.1) is 0 Å². The Bertz CT molecular complexity index is 1100. The van der Waals surface area contributed by atoms with E-state index < -0.39 is 5.76 Å². The predicted octanol–water partition coefficient (Wildman–Crippen LogP) is 2.55. The highest BCUT2D eigenvalue weighted by Crippen LogP contribution is 2.16. The number of nitrogens with one attached hydrogen (secondary N) is 2. The Balaban J connectivity index is 1.79. The highest BCUT2D eigenvalue weighted by molar-refractivity contribution is 5.79. The number of oxazole rings is 1. The Hall–Kier alpha value is -3.08. The topological polar surface area (TPSA) is 78.9 Å². The van der Waals surface area contributed by atoms with Gasteiger partial charge >= 0.3 is 5.76 Å². The first-order valence-electron chi connectivity index (χ1n) is 6.92. The zero-order valence-corrected chi connectivity index (χ0v) is 11.6. The number of H-pyrrole nitrogens is 2. The number of aromatic nitrogens is 2. The fourth-order valence-corrected chi connectivity index (χ4v) is 2.64. The molecule has 0 spiro atoms. The lowest BCUT2D eigenvalue weighted by molar-refractivity contribution is 0.555. The molecule has 2 N–H and O–H groups in total. The van der Waals surface area contributed by atoms with Crippen molar-refractivity contribution in [3.8, 4) is 0 Å². The molecular formula is C17H12N2O3. The summed E-state index contributed by atoms with van der Waals surface area (Å²) in [5, 5.41) is 0.992. The fraction of sp³-hybridized carbons (Fsp3) is 0.0588. The highest BCUT2D eigenvalue weighted by atomic mass is 16.4. The number of para-hydroxylation sites is 1. The summed E-state index contributed by atoms with van der Waals surface area (Å²) in [4.78, 5) is 28.8. The fourth-order valence-electron chi connectivity index (χ4n) is 2.64. The van der Waals surface area contributed by atoms with Crippen LogP contribution >= 0.6 is 0 Å². The second-order valence-corrected chi connectivity index (χ2v) is 5.23. The van der Waals surface area contributed by atoms with E-state index in [4.69, 9.17) is 4.42 Å². The molecule has 5 nitrogen and oxygen atoms in total. The van der Waals surface area contributed by atoms with E-state index in [1.807, 2.05) is 36.4 Å². The molecule has 2 heterocycles. The summed E-state index contributed by atoms with van der Waals surface area (Å²) in [5.41, 5.74) is 3.46. The maximum absolute atomic E-state index is 12.2. The van der Waals surface area contributed by atoms with Crippen molar-refractivity contribution in [3.05, 3.63) is 80.6 Å². The molecule has 0 aliphatic heterocycles. The Morgan fingerprint density at radius 1 is 0.909 bits per heavy atom. The molecule has 4 rings (SSSR count). The molecule has 0 saturated heterocycles. The van der Waals surface area contributed by atoms with E-state index in [9.17, 15) is 9.59 Å². The lowest BCUT2D eigenvalue weighted by atomic mass is 10.0. The van der Waals surface area contributed by atoms with Crippen LogP contribution in [-0.2, 0) is 6.42 Å². The van der Waals surface area contributed by atoms with Crippen molar-refractivity contribution in [3.63, 3.8) is 0 Å². The number of hydrogen-bond acceptors (Lipinski definition) is 3. The third kappa shape index (κ3) is 2.13. The lowest BCUT2D eigenvalue weighted by Crippen LogP contribution is -2.12. The van der Waals surface area contributed by atoms with Gasteiger partial charge in [-0.25, -0.2) is 4.79 Å². The van der Waals surface area contributed by atoms with Gasteiger partial charge in [-0.1, -0.05) is 24.3 Å². The largest absolute Gasteiger partial charge is 0.417 e. The molecule has 5 heteroatoms. The molecule has 22 heavy (non-hydrogen) atoms. The summed E-state index contributed by atoms with van der Waals surface area (Å²) in [5.74, 6) is -0.476. The van der Waals surface area contributed by atoms with Crippen LogP contribution in [0.2, 0.25) is 0 Å². The standard InChI is InChI=1S/C17H12N2O3/c20-16-12(9-11-3-1-2-4-13(11)18-16)7-10-5-6-14-15(8-10)22-17(21)19-14/h1-6,8-9H,7H2,(H,18,20)(H,19,21). The number of fused-ring (bicyclic) bond motifs is 2. The van der Waals surface area contributed by atoms with E-state index in [0.717, 1.165) is 16.5 Å². The maximum atomic E-state index is 12.2. The van der Waals surface area contributed by atoms with Gasteiger partial charge in [0.15, 0.2) is 5.58 Å². The van der Waals surface area contributed by atoms with Crippen molar-refractivity contribution in [2.75, 3.05) is 0 Å². The van der Waals surface area contributed by atoms with Crippen molar-refractivity contribution in [1.29, 1.82) is 0 Å². The lowest BCUT2D eigenvalue weighted by Gasteiger charge is -2.03. The van der Waals surface area contributed by atoms with Crippen molar-refractivity contribution in [1.82, 2.24) is 9.97 Å². The quantitative estimate of drug-likeness (QED) is 0.596. The zero-order valence-electron chi connectivity index (χ0n) is 11.6. The summed E-state index contributed by atoms with van der Waals surface area (Å²) in [6, 6.07) is 15.0. The van der Waals surface area contributed by atoms with Crippen LogP contribution in [0.3, 0.4) is 0 Å². The first kappa shape index (κ1) is 12.6. The summed E-state index contributed by atoms with van der Waals surface area (Å²) in [6.45, 7) is 0. The van der Waals surface area contributed by atoms with Crippen LogP contribution < -0.4 is 11.3 Å². The molecule has 0 aliphatic rings. The monoisotopic (exact) mass is 292 g/mol. The third-order valence-corrected chi connectivity index (χ3v) is 3.71. The minimum Gasteiger partial charge on any atom is -0.408 e. The molecule has 2 aromatic heterocycles. The van der Waals surface area contributed by atoms with E-state index in [0.29, 0.717) is 23.1 Å². The van der Waals surface area contributed by atoms with Gasteiger partial charge in [-0.05, 0) is 35.2 Å². The average Bonchev–Trinajstić information content (AvgIpc) is 2.87. The van der Waals surface area contributed by atoms with Gasteiger partial charge in [-0.3, -0.25) is 9.78 Å². The number of pyridine rings is 1. The SMILES string of the molecule is O=c1[nH]c2ccc(Cc3cc4ccccc4[nH]c3=O)cc2o1. The minimum atomic E-state index is -0.476. The van der Waals surface area contributed by atoms with Gasteiger partial charge in [0.25, 0.3) is 5.56 Å². The predicted molar refractivity (Wildman–Crippen MR) is 84.2 cm³/mol. The summed E-state index contributed by atoms with van der Waals surface area (Å²) in [6.07, 6.45) is 0.477. The molecule has 0 amide bonds. The Morgan fingerprint density at radius 2 is 1.77 bits per heavy atom. The molecule has 0 saturated carbocycles. The third-order valence-electron chi connectivity index (χ3n) is 3.71. The average molecular weight is 292 g/mol. The van der Waals surface area contributed by atoms with E-state index in [1.54, 1.807) is 12.1 Å². The first-order valence-corrected chi connectivity index (χ1v) is 6.92. The normalized spacial score (nSPS) is 11.3. The van der Waals surface area contributed by atoms with Crippen LogP contribution in [-0.4, -0.2) is 9.97 Å². The van der Waals surface area contributed by atoms with Crippen LogP contribution in [0.5, 0.6) is 0 Å². The van der Waals surface area contributed by atoms with Crippen molar-refractivity contribution >= 4 is 22.0 Å². The van der Waals surface area contributed by atoms with Crippen LogP contribution in [0.1, 0.15) is 11.1 Å². The molecule has 0 fully saturated rings. The molecule has 4 aromatic rings. The summed E-state index contributed by atoms with van der Waals surface area (Å²) < 4.78 is 5.05. The van der Waals surface area contributed by atoms with E-state index >= 15 is 0 Å². The highest BCUT2D eigenvalue weighted by Gasteiger charge is 2.07. The molecular weight excluding hydrogens is 280 g/mol. The van der Waals surface area contributed by atoms with Crippen LogP contribution in [0.15, 0.2) is 62.5 Å². The smallest absolute Gasteiger partial charge is 0.408 e. The molecule has 0 aliphatic carbocycles. The van der Waals surface area contributed by atoms with Gasteiger partial charge in [0.2, 0.25) is 0 Å². The van der Waals surface area contributed by atoms with Gasteiger partial charge in [-0.2, -0.15) is 0 Å².